The van der Waals surface area contributed by atoms with Crippen LogP contribution in [0.4, 0.5) is 0 Å². The number of benzene rings is 1. The SMILES string of the molecule is COC(=O)CC[C@@H]1C[C@H](OC)[C@@]2(C)CCC3c4ccc(OC)cc4CCC3C12. The number of carbonyl (C=O) groups excluding carboxylic acids is 1. The molecule has 1 aromatic rings. The normalized spacial score (nSPS) is 36.2. The first kappa shape index (κ1) is 19.8. The standard InChI is InChI=1S/C24H34O4/c1-24-12-11-19-18-9-7-17(26-2)13-15(18)5-8-20(19)23(24)16(14-21(24)27-3)6-10-22(25)28-4/h7,9,13,16,19-21,23H,5-6,8,10-12,14H2,1-4H3/t16-,19?,20?,21+,23?,24-/m1/s1. The molecule has 6 atom stereocenters. The van der Waals surface area contributed by atoms with Crippen molar-refractivity contribution in [2.45, 2.75) is 63.9 Å². The van der Waals surface area contributed by atoms with Crippen molar-refractivity contribution >= 4 is 5.97 Å². The fraction of sp³-hybridized carbons (Fsp3) is 0.708. The molecule has 0 aliphatic heterocycles. The first-order chi connectivity index (χ1) is 13.5. The van der Waals surface area contributed by atoms with Crippen LogP contribution >= 0.6 is 0 Å². The van der Waals surface area contributed by atoms with Gasteiger partial charge in [0, 0.05) is 13.5 Å². The molecule has 3 aliphatic rings. The van der Waals surface area contributed by atoms with Crippen molar-refractivity contribution in [2.75, 3.05) is 21.3 Å². The molecule has 0 radical (unpaired) electrons. The van der Waals surface area contributed by atoms with Crippen LogP contribution in [0, 0.1) is 23.2 Å². The molecule has 0 amide bonds. The second-order valence-electron chi connectivity index (χ2n) is 9.28. The molecule has 2 fully saturated rings. The smallest absolute Gasteiger partial charge is 0.305 e. The van der Waals surface area contributed by atoms with Gasteiger partial charge in [0.25, 0.3) is 0 Å². The Morgan fingerprint density at radius 1 is 1.21 bits per heavy atom. The van der Waals surface area contributed by atoms with E-state index < -0.39 is 0 Å². The lowest BCUT2D eigenvalue weighted by molar-refractivity contribution is -0.141. The highest BCUT2D eigenvalue weighted by molar-refractivity contribution is 5.69. The lowest BCUT2D eigenvalue weighted by Gasteiger charge is -2.52. The third-order valence-electron chi connectivity index (χ3n) is 8.22. The number of ether oxygens (including phenoxy) is 3. The molecule has 3 aliphatic carbocycles. The average molecular weight is 387 g/mol. The number of fused-ring (bicyclic) bond motifs is 5. The predicted molar refractivity (Wildman–Crippen MR) is 109 cm³/mol. The van der Waals surface area contributed by atoms with Crippen molar-refractivity contribution in [3.8, 4) is 5.75 Å². The van der Waals surface area contributed by atoms with E-state index in [4.69, 9.17) is 14.2 Å². The molecule has 28 heavy (non-hydrogen) atoms. The Labute approximate surface area is 168 Å². The Kier molecular flexibility index (Phi) is 5.43. The molecule has 1 aromatic carbocycles. The van der Waals surface area contributed by atoms with E-state index in [9.17, 15) is 4.79 Å². The Hall–Kier alpha value is -1.55. The van der Waals surface area contributed by atoms with E-state index in [-0.39, 0.29) is 11.4 Å². The van der Waals surface area contributed by atoms with Crippen molar-refractivity contribution in [3.63, 3.8) is 0 Å². The van der Waals surface area contributed by atoms with Gasteiger partial charge >= 0.3 is 5.97 Å². The third kappa shape index (κ3) is 3.14. The molecule has 4 heteroatoms. The number of hydrogen-bond acceptors (Lipinski definition) is 4. The fourth-order valence-electron chi connectivity index (χ4n) is 6.99. The molecular weight excluding hydrogens is 352 g/mol. The minimum Gasteiger partial charge on any atom is -0.497 e. The van der Waals surface area contributed by atoms with E-state index in [1.807, 2.05) is 7.11 Å². The van der Waals surface area contributed by atoms with E-state index in [0.29, 0.717) is 36.2 Å². The molecular formula is C24H34O4. The van der Waals surface area contributed by atoms with Gasteiger partial charge in [-0.2, -0.15) is 0 Å². The van der Waals surface area contributed by atoms with Crippen molar-refractivity contribution in [2.24, 2.45) is 23.2 Å². The molecule has 0 bridgehead atoms. The fourth-order valence-corrected chi connectivity index (χ4v) is 6.99. The van der Waals surface area contributed by atoms with E-state index in [1.165, 1.54) is 37.5 Å². The number of rotatable bonds is 5. The molecule has 2 saturated carbocycles. The summed E-state index contributed by atoms with van der Waals surface area (Å²) in [6.45, 7) is 2.45. The zero-order chi connectivity index (χ0) is 19.9. The van der Waals surface area contributed by atoms with Crippen LogP contribution in [0.2, 0.25) is 0 Å². The Morgan fingerprint density at radius 2 is 2.04 bits per heavy atom. The van der Waals surface area contributed by atoms with E-state index in [1.54, 1.807) is 7.11 Å². The Balaban J connectivity index is 1.63. The summed E-state index contributed by atoms with van der Waals surface area (Å²) in [6.07, 6.45) is 7.63. The molecule has 3 unspecified atom stereocenters. The number of methoxy groups -OCH3 is 3. The minimum atomic E-state index is -0.0870. The molecule has 154 valence electrons. The predicted octanol–water partition coefficient (Wildman–Crippen LogP) is 4.75. The maximum atomic E-state index is 11.8. The highest BCUT2D eigenvalue weighted by Gasteiger charge is 2.58. The first-order valence-electron chi connectivity index (χ1n) is 10.8. The molecule has 0 saturated heterocycles. The molecule has 0 spiro atoms. The summed E-state index contributed by atoms with van der Waals surface area (Å²) in [7, 11) is 5.10. The van der Waals surface area contributed by atoms with Crippen LogP contribution in [0.15, 0.2) is 18.2 Å². The molecule has 4 nitrogen and oxygen atoms in total. The largest absolute Gasteiger partial charge is 0.497 e. The lowest BCUT2D eigenvalue weighted by atomic mass is 9.53. The van der Waals surface area contributed by atoms with Crippen LogP contribution in [-0.2, 0) is 20.7 Å². The minimum absolute atomic E-state index is 0.0870. The second kappa shape index (κ2) is 7.70. The van der Waals surface area contributed by atoms with Crippen molar-refractivity contribution < 1.29 is 19.0 Å². The molecule has 0 N–H and O–H groups in total. The van der Waals surface area contributed by atoms with Gasteiger partial charge in [-0.1, -0.05) is 13.0 Å². The summed E-state index contributed by atoms with van der Waals surface area (Å²) < 4.78 is 16.4. The van der Waals surface area contributed by atoms with Crippen molar-refractivity contribution in [1.29, 1.82) is 0 Å². The maximum absolute atomic E-state index is 11.8. The van der Waals surface area contributed by atoms with E-state index in [0.717, 1.165) is 25.0 Å². The number of carbonyl (C=O) groups is 1. The van der Waals surface area contributed by atoms with Gasteiger partial charge in [0.05, 0.1) is 20.3 Å². The van der Waals surface area contributed by atoms with Crippen LogP contribution in [0.3, 0.4) is 0 Å². The van der Waals surface area contributed by atoms with Gasteiger partial charge in [0.2, 0.25) is 0 Å². The van der Waals surface area contributed by atoms with E-state index >= 15 is 0 Å². The summed E-state index contributed by atoms with van der Waals surface area (Å²) in [5.41, 5.74) is 3.23. The van der Waals surface area contributed by atoms with Gasteiger partial charge in [-0.05, 0) is 90.9 Å². The van der Waals surface area contributed by atoms with Gasteiger partial charge in [0.15, 0.2) is 0 Å². The van der Waals surface area contributed by atoms with Crippen molar-refractivity contribution in [3.05, 3.63) is 29.3 Å². The quantitative estimate of drug-likeness (QED) is 0.685. The average Bonchev–Trinajstić information content (AvgIpc) is 3.02. The van der Waals surface area contributed by atoms with Gasteiger partial charge in [0.1, 0.15) is 5.75 Å². The summed E-state index contributed by atoms with van der Waals surface area (Å²) in [6, 6.07) is 6.66. The lowest BCUT2D eigenvalue weighted by Crippen LogP contribution is -2.45. The van der Waals surface area contributed by atoms with Gasteiger partial charge in [-0.15, -0.1) is 0 Å². The topological polar surface area (TPSA) is 44.8 Å². The monoisotopic (exact) mass is 386 g/mol. The van der Waals surface area contributed by atoms with Crippen LogP contribution in [0.5, 0.6) is 5.75 Å². The van der Waals surface area contributed by atoms with Gasteiger partial charge in [-0.25, -0.2) is 0 Å². The Bertz CT molecular complexity index is 729. The Morgan fingerprint density at radius 3 is 2.75 bits per heavy atom. The van der Waals surface area contributed by atoms with Gasteiger partial charge < -0.3 is 14.2 Å². The van der Waals surface area contributed by atoms with Gasteiger partial charge in [-0.3, -0.25) is 4.79 Å². The zero-order valence-electron chi connectivity index (χ0n) is 17.7. The summed E-state index contributed by atoms with van der Waals surface area (Å²) in [5.74, 6) is 3.36. The summed E-state index contributed by atoms with van der Waals surface area (Å²) >= 11 is 0. The number of esters is 1. The highest BCUT2D eigenvalue weighted by atomic mass is 16.5. The van der Waals surface area contributed by atoms with Crippen LogP contribution < -0.4 is 4.74 Å². The summed E-state index contributed by atoms with van der Waals surface area (Å²) in [5, 5.41) is 0. The highest BCUT2D eigenvalue weighted by Crippen LogP contribution is 2.64. The second-order valence-corrected chi connectivity index (χ2v) is 9.28. The van der Waals surface area contributed by atoms with Crippen LogP contribution in [-0.4, -0.2) is 33.4 Å². The van der Waals surface area contributed by atoms with Crippen LogP contribution in [0.25, 0.3) is 0 Å². The van der Waals surface area contributed by atoms with Crippen LogP contribution in [0.1, 0.15) is 62.5 Å². The maximum Gasteiger partial charge on any atom is 0.305 e. The number of hydrogen-bond donors (Lipinski definition) is 0. The molecule has 0 heterocycles. The summed E-state index contributed by atoms with van der Waals surface area (Å²) in [4.78, 5) is 11.8. The first-order valence-corrected chi connectivity index (χ1v) is 10.8. The third-order valence-corrected chi connectivity index (χ3v) is 8.22. The van der Waals surface area contributed by atoms with Crippen molar-refractivity contribution in [1.82, 2.24) is 0 Å². The van der Waals surface area contributed by atoms with E-state index in [2.05, 4.69) is 25.1 Å². The molecule has 0 aromatic heterocycles. The number of aryl methyl sites for hydroxylation is 1. The zero-order valence-corrected chi connectivity index (χ0v) is 17.7. The molecule has 4 rings (SSSR count).